The van der Waals surface area contributed by atoms with Gasteiger partial charge in [-0.2, -0.15) is 0 Å². The molecule has 0 fully saturated rings. The van der Waals surface area contributed by atoms with Crippen LogP contribution >= 0.6 is 0 Å². The number of aromatic nitrogens is 1. The molecule has 0 bridgehead atoms. The van der Waals surface area contributed by atoms with Gasteiger partial charge in [0.25, 0.3) is 0 Å². The van der Waals surface area contributed by atoms with Crippen LogP contribution in [0.2, 0.25) is 0 Å². The highest BCUT2D eigenvalue weighted by Crippen LogP contribution is 2.36. The second kappa shape index (κ2) is 8.17. The molecule has 1 aromatic rings. The van der Waals surface area contributed by atoms with Crippen LogP contribution in [0.3, 0.4) is 0 Å². The summed E-state index contributed by atoms with van der Waals surface area (Å²) in [6.45, 7) is 1.47. The lowest BCUT2D eigenvalue weighted by atomic mass is 9.85. The lowest BCUT2D eigenvalue weighted by Crippen LogP contribution is -2.28. The predicted octanol–water partition coefficient (Wildman–Crippen LogP) is 1.99. The number of aliphatic imine (C=N–C) groups is 1. The van der Waals surface area contributed by atoms with Gasteiger partial charge >= 0.3 is 0 Å². The van der Waals surface area contributed by atoms with Crippen molar-refractivity contribution in [2.75, 3.05) is 41.3 Å². The smallest absolute Gasteiger partial charge is 0.236 e. The molecule has 2 heterocycles. The van der Waals surface area contributed by atoms with Gasteiger partial charge in [-0.25, -0.2) is 4.99 Å². The SMILES string of the molecule is CN(C)CCC1=C2C(=O)C=CC=C2N=C1C1=Cc2[nH]cc(CCN(C)C)c2C(=O)C1=O. The predicted molar refractivity (Wildman–Crippen MR) is 120 cm³/mol. The number of hydrogen-bond acceptors (Lipinski definition) is 6. The second-order valence-corrected chi connectivity index (χ2v) is 8.51. The Kier molecular flexibility index (Phi) is 5.56. The zero-order valence-corrected chi connectivity index (χ0v) is 18.3. The number of likely N-dealkylation sites (N-methyl/N-ethyl adjacent to an activating group) is 1. The average Bonchev–Trinajstić information content (AvgIpc) is 3.29. The topological polar surface area (TPSA) is 85.8 Å². The molecule has 0 amide bonds. The first-order chi connectivity index (χ1) is 14.8. The molecule has 0 unspecified atom stereocenters. The number of Topliss-reactive ketones (excluding diaryl/α,β-unsaturated/α-hetero) is 2. The highest BCUT2D eigenvalue weighted by Gasteiger charge is 2.38. The molecule has 0 saturated carbocycles. The standard InChI is InChI=1S/C24H26N4O3/c1-27(2)10-8-14-13-25-18-12-16(23(30)24(31)20(14)18)22-15(9-11-28(3)4)21-17(26-22)6-5-7-19(21)29/h5-7,12-13,25H,8-11H2,1-4H3. The van der Waals surface area contributed by atoms with Crippen LogP contribution in [0.1, 0.15) is 28.0 Å². The maximum Gasteiger partial charge on any atom is 0.236 e. The van der Waals surface area contributed by atoms with E-state index in [1.54, 1.807) is 24.4 Å². The largest absolute Gasteiger partial charge is 0.361 e. The van der Waals surface area contributed by atoms with Crippen LogP contribution < -0.4 is 0 Å². The number of allylic oxidation sites excluding steroid dienone is 5. The molecule has 0 radical (unpaired) electrons. The Labute approximate surface area is 181 Å². The molecule has 31 heavy (non-hydrogen) atoms. The lowest BCUT2D eigenvalue weighted by molar-refractivity contribution is -0.112. The number of carbonyl (C=O) groups excluding carboxylic acids is 3. The molecule has 2 aliphatic carbocycles. The van der Waals surface area contributed by atoms with Crippen LogP contribution in [0.5, 0.6) is 0 Å². The Hall–Kier alpha value is -3.16. The number of rotatable bonds is 7. The van der Waals surface area contributed by atoms with Gasteiger partial charge in [0.15, 0.2) is 5.78 Å². The summed E-state index contributed by atoms with van der Waals surface area (Å²) in [6.07, 6.45) is 9.69. The van der Waals surface area contributed by atoms with Gasteiger partial charge < -0.3 is 14.8 Å². The van der Waals surface area contributed by atoms with Gasteiger partial charge in [0, 0.05) is 19.3 Å². The molecule has 1 aromatic heterocycles. The molecular formula is C24H26N4O3. The van der Waals surface area contributed by atoms with E-state index >= 15 is 0 Å². The molecule has 0 atom stereocenters. The van der Waals surface area contributed by atoms with Crippen LogP contribution in [-0.4, -0.2) is 79.1 Å². The molecular weight excluding hydrogens is 392 g/mol. The maximum atomic E-state index is 13.2. The van der Waals surface area contributed by atoms with Crippen molar-refractivity contribution in [1.29, 1.82) is 0 Å². The zero-order chi connectivity index (χ0) is 22.3. The molecule has 7 nitrogen and oxygen atoms in total. The minimum Gasteiger partial charge on any atom is -0.361 e. The van der Waals surface area contributed by atoms with Crippen LogP contribution in [0, 0.1) is 0 Å². The molecule has 0 aromatic carbocycles. The summed E-state index contributed by atoms with van der Waals surface area (Å²) >= 11 is 0. The van der Waals surface area contributed by atoms with Crippen molar-refractivity contribution in [1.82, 2.24) is 14.8 Å². The quantitative estimate of drug-likeness (QED) is 0.685. The Balaban J connectivity index is 1.76. The zero-order valence-electron chi connectivity index (χ0n) is 18.3. The fourth-order valence-electron chi connectivity index (χ4n) is 4.05. The summed E-state index contributed by atoms with van der Waals surface area (Å²) in [4.78, 5) is 50.6. The van der Waals surface area contributed by atoms with Gasteiger partial charge in [-0.05, 0) is 70.4 Å². The molecule has 1 N–H and O–H groups in total. The summed E-state index contributed by atoms with van der Waals surface area (Å²) in [7, 11) is 7.83. The van der Waals surface area contributed by atoms with E-state index in [-0.39, 0.29) is 11.4 Å². The van der Waals surface area contributed by atoms with Crippen molar-refractivity contribution in [2.24, 2.45) is 4.99 Å². The van der Waals surface area contributed by atoms with Crippen molar-refractivity contribution < 1.29 is 14.4 Å². The first kappa shape index (κ1) is 21.1. The number of fused-ring (bicyclic) bond motifs is 2. The molecule has 3 aliphatic rings. The number of aromatic amines is 1. The summed E-state index contributed by atoms with van der Waals surface area (Å²) in [5.74, 6) is -1.21. The van der Waals surface area contributed by atoms with Crippen molar-refractivity contribution in [3.8, 4) is 0 Å². The van der Waals surface area contributed by atoms with Crippen molar-refractivity contribution >= 4 is 29.1 Å². The summed E-state index contributed by atoms with van der Waals surface area (Å²) in [6, 6.07) is 0. The van der Waals surface area contributed by atoms with Crippen LogP contribution in [0.15, 0.2) is 51.8 Å². The summed E-state index contributed by atoms with van der Waals surface area (Å²) in [5, 5.41) is 0. The van der Waals surface area contributed by atoms with Gasteiger partial charge in [0.1, 0.15) is 0 Å². The number of ketones is 3. The number of nitrogens with zero attached hydrogens (tertiary/aromatic N) is 3. The van der Waals surface area contributed by atoms with Gasteiger partial charge in [-0.3, -0.25) is 14.4 Å². The van der Waals surface area contributed by atoms with Gasteiger partial charge in [0.05, 0.1) is 33.8 Å². The van der Waals surface area contributed by atoms with Crippen LogP contribution in [0.4, 0.5) is 0 Å². The van der Waals surface area contributed by atoms with E-state index in [0.717, 1.165) is 17.7 Å². The van der Waals surface area contributed by atoms with Gasteiger partial charge in [-0.15, -0.1) is 0 Å². The number of hydrogen-bond donors (Lipinski definition) is 1. The van der Waals surface area contributed by atoms with E-state index < -0.39 is 11.6 Å². The van der Waals surface area contributed by atoms with E-state index in [2.05, 4.69) is 9.98 Å². The fraction of sp³-hybridized carbons (Fsp3) is 0.333. The monoisotopic (exact) mass is 418 g/mol. The van der Waals surface area contributed by atoms with E-state index in [1.165, 1.54) is 6.08 Å². The lowest BCUT2D eigenvalue weighted by Gasteiger charge is -2.17. The minimum absolute atomic E-state index is 0.119. The number of carbonyl (C=O) groups is 3. The first-order valence-electron chi connectivity index (χ1n) is 10.3. The van der Waals surface area contributed by atoms with Crippen molar-refractivity contribution in [3.63, 3.8) is 0 Å². The highest BCUT2D eigenvalue weighted by molar-refractivity contribution is 6.59. The third-order valence-electron chi connectivity index (χ3n) is 5.68. The van der Waals surface area contributed by atoms with E-state index in [9.17, 15) is 14.4 Å². The summed E-state index contributed by atoms with van der Waals surface area (Å²) in [5.41, 5.74) is 4.42. The number of nitrogens with one attached hydrogen (secondary N) is 1. The second-order valence-electron chi connectivity index (χ2n) is 8.51. The Morgan fingerprint density at radius 1 is 0.968 bits per heavy atom. The normalized spacial score (nSPS) is 18.0. The summed E-state index contributed by atoms with van der Waals surface area (Å²) < 4.78 is 0. The number of H-pyrrole nitrogens is 1. The van der Waals surface area contributed by atoms with Gasteiger partial charge in [0.2, 0.25) is 11.6 Å². The third kappa shape index (κ3) is 3.82. The molecule has 0 saturated heterocycles. The fourth-order valence-corrected chi connectivity index (χ4v) is 4.05. The maximum absolute atomic E-state index is 13.2. The average molecular weight is 418 g/mol. The van der Waals surface area contributed by atoms with E-state index in [0.29, 0.717) is 47.6 Å². The van der Waals surface area contributed by atoms with E-state index in [1.807, 2.05) is 38.0 Å². The first-order valence-corrected chi connectivity index (χ1v) is 10.3. The van der Waals surface area contributed by atoms with E-state index in [4.69, 9.17) is 0 Å². The molecule has 160 valence electrons. The Morgan fingerprint density at radius 3 is 2.39 bits per heavy atom. The molecule has 1 aliphatic heterocycles. The van der Waals surface area contributed by atoms with Gasteiger partial charge in [-0.1, -0.05) is 6.08 Å². The minimum atomic E-state index is -0.570. The Bertz CT molecular complexity index is 1140. The highest BCUT2D eigenvalue weighted by atomic mass is 16.2. The Morgan fingerprint density at radius 2 is 1.68 bits per heavy atom. The molecule has 4 rings (SSSR count). The van der Waals surface area contributed by atoms with Crippen molar-refractivity contribution in [2.45, 2.75) is 12.8 Å². The van der Waals surface area contributed by atoms with Crippen LogP contribution in [0.25, 0.3) is 6.08 Å². The molecule has 0 spiro atoms. The molecule has 7 heteroatoms. The third-order valence-corrected chi connectivity index (χ3v) is 5.68. The van der Waals surface area contributed by atoms with Crippen LogP contribution in [-0.2, 0) is 16.0 Å². The van der Waals surface area contributed by atoms with Crippen molar-refractivity contribution in [3.05, 3.63) is 63.7 Å².